The van der Waals surface area contributed by atoms with E-state index in [1.54, 1.807) is 20.8 Å². The summed E-state index contributed by atoms with van der Waals surface area (Å²) < 4.78 is 14.3. The normalized spacial score (nSPS) is 11.5. The molecule has 6 heteroatoms. The minimum atomic E-state index is -0.805. The van der Waals surface area contributed by atoms with E-state index >= 15 is 0 Å². The average Bonchev–Trinajstić information content (AvgIpc) is 2.25. The summed E-state index contributed by atoms with van der Waals surface area (Å²) in [4.78, 5) is 22.7. The highest BCUT2D eigenvalue weighted by Gasteiger charge is 2.23. The highest BCUT2D eigenvalue weighted by molar-refractivity contribution is 6.42. The van der Waals surface area contributed by atoms with Gasteiger partial charge in [-0.05, 0) is 20.8 Å². The zero-order valence-corrected chi connectivity index (χ0v) is 10.3. The fraction of sp³-hybridized carbons (Fsp3) is 0.600. The van der Waals surface area contributed by atoms with Gasteiger partial charge in [-0.15, -0.1) is 0 Å². The number of carbonyl (C=O) groups is 2. The second-order valence-electron chi connectivity index (χ2n) is 2.52. The molecule has 0 bridgehead atoms. The van der Waals surface area contributed by atoms with Crippen LogP contribution in [0.25, 0.3) is 0 Å². The molecule has 0 rings (SSSR count). The molecule has 5 nitrogen and oxygen atoms in total. The van der Waals surface area contributed by atoms with Crippen LogP contribution in [0.3, 0.4) is 0 Å². The third-order valence-corrected chi connectivity index (χ3v) is 1.73. The molecule has 0 aliphatic rings. The van der Waals surface area contributed by atoms with Crippen molar-refractivity contribution in [2.75, 3.05) is 19.8 Å². The first-order valence-electron chi connectivity index (χ1n) is 4.95. The maximum atomic E-state index is 11.4. The molecule has 0 heterocycles. The second kappa shape index (κ2) is 7.98. The summed E-state index contributed by atoms with van der Waals surface area (Å²) in [5.41, 5.74) is 0. The van der Waals surface area contributed by atoms with E-state index in [1.807, 2.05) is 0 Å². The molecular formula is C10H15ClO5. The minimum absolute atomic E-state index is 0.164. The van der Waals surface area contributed by atoms with E-state index in [2.05, 4.69) is 4.74 Å². The van der Waals surface area contributed by atoms with Crippen molar-refractivity contribution >= 4 is 23.5 Å². The molecule has 0 aromatic heterocycles. The monoisotopic (exact) mass is 250 g/mol. The van der Waals surface area contributed by atoms with Crippen molar-refractivity contribution in [3.63, 3.8) is 0 Å². The van der Waals surface area contributed by atoms with Gasteiger partial charge in [-0.25, -0.2) is 9.59 Å². The molecule has 0 amide bonds. The Kier molecular flexibility index (Phi) is 7.37. The number of hydrogen-bond donors (Lipinski definition) is 0. The number of rotatable bonds is 6. The van der Waals surface area contributed by atoms with Gasteiger partial charge in [-0.3, -0.25) is 0 Å². The number of carbonyl (C=O) groups excluding carboxylic acids is 2. The summed E-state index contributed by atoms with van der Waals surface area (Å²) in [6.45, 7) is 5.46. The highest BCUT2D eigenvalue weighted by atomic mass is 35.5. The molecular weight excluding hydrogens is 236 g/mol. The smallest absolute Gasteiger partial charge is 0.375 e. The summed E-state index contributed by atoms with van der Waals surface area (Å²) in [7, 11) is 0. The third-order valence-electron chi connectivity index (χ3n) is 1.40. The van der Waals surface area contributed by atoms with Crippen LogP contribution in [0.2, 0.25) is 0 Å². The van der Waals surface area contributed by atoms with Gasteiger partial charge >= 0.3 is 11.9 Å². The Hall–Kier alpha value is -1.23. The van der Waals surface area contributed by atoms with Crippen LogP contribution in [-0.2, 0) is 23.8 Å². The average molecular weight is 251 g/mol. The fourth-order valence-electron chi connectivity index (χ4n) is 0.840. The Bertz CT molecular complexity index is 285. The zero-order chi connectivity index (χ0) is 12.6. The van der Waals surface area contributed by atoms with Crippen LogP contribution in [0, 0.1) is 0 Å². The van der Waals surface area contributed by atoms with Crippen LogP contribution < -0.4 is 0 Å². The summed E-state index contributed by atoms with van der Waals surface area (Å²) in [5.74, 6) is -1.90. The lowest BCUT2D eigenvalue weighted by molar-refractivity contribution is -0.144. The molecule has 0 saturated heterocycles. The molecule has 92 valence electrons. The lowest BCUT2D eigenvalue weighted by Gasteiger charge is -2.09. The van der Waals surface area contributed by atoms with Gasteiger partial charge in [0.1, 0.15) is 0 Å². The second-order valence-corrected chi connectivity index (χ2v) is 2.90. The summed E-state index contributed by atoms with van der Waals surface area (Å²) in [6.07, 6.45) is 0. The molecule has 16 heavy (non-hydrogen) atoms. The van der Waals surface area contributed by atoms with E-state index in [-0.39, 0.29) is 25.6 Å². The summed E-state index contributed by atoms with van der Waals surface area (Å²) in [5, 5.41) is -0.401. The predicted octanol–water partition coefficient (Wildman–Crippen LogP) is 1.60. The SMILES string of the molecule is CCOC(=O)C(Cl)=C(OCC)C(=O)OCC. The van der Waals surface area contributed by atoms with Crippen molar-refractivity contribution in [3.05, 3.63) is 10.8 Å². The van der Waals surface area contributed by atoms with Crippen LogP contribution in [0.4, 0.5) is 0 Å². The first kappa shape index (κ1) is 14.8. The van der Waals surface area contributed by atoms with E-state index in [1.165, 1.54) is 0 Å². The van der Waals surface area contributed by atoms with Crippen molar-refractivity contribution in [1.29, 1.82) is 0 Å². The van der Waals surface area contributed by atoms with Gasteiger partial charge in [0.25, 0.3) is 0 Å². The van der Waals surface area contributed by atoms with E-state index in [4.69, 9.17) is 21.1 Å². The van der Waals surface area contributed by atoms with Crippen molar-refractivity contribution in [1.82, 2.24) is 0 Å². The number of hydrogen-bond acceptors (Lipinski definition) is 5. The Balaban J connectivity index is 4.90. The Morgan fingerprint density at radius 1 is 0.875 bits per heavy atom. The van der Waals surface area contributed by atoms with Crippen molar-refractivity contribution < 1.29 is 23.8 Å². The first-order valence-corrected chi connectivity index (χ1v) is 5.32. The molecule has 0 spiro atoms. The molecule has 0 N–H and O–H groups in total. The molecule has 0 radical (unpaired) electrons. The zero-order valence-electron chi connectivity index (χ0n) is 9.54. The lowest BCUT2D eigenvalue weighted by Crippen LogP contribution is -2.16. The molecule has 0 aromatic rings. The van der Waals surface area contributed by atoms with Gasteiger partial charge in [0, 0.05) is 0 Å². The Morgan fingerprint density at radius 3 is 1.75 bits per heavy atom. The Morgan fingerprint density at radius 2 is 1.31 bits per heavy atom. The van der Waals surface area contributed by atoms with E-state index in [9.17, 15) is 9.59 Å². The van der Waals surface area contributed by atoms with Crippen LogP contribution in [0.15, 0.2) is 10.8 Å². The van der Waals surface area contributed by atoms with Gasteiger partial charge in [-0.2, -0.15) is 0 Å². The largest absolute Gasteiger partial charge is 0.486 e. The summed E-state index contributed by atoms with van der Waals surface area (Å²) >= 11 is 5.66. The van der Waals surface area contributed by atoms with Crippen molar-refractivity contribution in [2.45, 2.75) is 20.8 Å². The molecule has 0 aromatic carbocycles. The van der Waals surface area contributed by atoms with E-state index < -0.39 is 17.0 Å². The van der Waals surface area contributed by atoms with Gasteiger partial charge in [-0.1, -0.05) is 11.6 Å². The molecule has 0 aliphatic heterocycles. The number of ether oxygens (including phenoxy) is 3. The molecule has 0 saturated carbocycles. The standard InChI is InChI=1S/C10H15ClO5/c1-4-14-8(10(13)16-6-3)7(11)9(12)15-5-2/h4-6H2,1-3H3. The van der Waals surface area contributed by atoms with Gasteiger partial charge in [0.15, 0.2) is 5.03 Å². The van der Waals surface area contributed by atoms with E-state index in [0.29, 0.717) is 0 Å². The van der Waals surface area contributed by atoms with Crippen molar-refractivity contribution in [2.24, 2.45) is 0 Å². The van der Waals surface area contributed by atoms with Crippen LogP contribution in [0.1, 0.15) is 20.8 Å². The number of esters is 2. The topological polar surface area (TPSA) is 61.8 Å². The quantitative estimate of drug-likeness (QED) is 0.407. The summed E-state index contributed by atoms with van der Waals surface area (Å²) in [6, 6.07) is 0. The fourth-order valence-corrected chi connectivity index (χ4v) is 1.03. The predicted molar refractivity (Wildman–Crippen MR) is 57.8 cm³/mol. The van der Waals surface area contributed by atoms with E-state index in [0.717, 1.165) is 0 Å². The molecule has 0 aliphatic carbocycles. The highest BCUT2D eigenvalue weighted by Crippen LogP contribution is 2.14. The molecule has 0 atom stereocenters. The Labute approximate surface area is 99.3 Å². The van der Waals surface area contributed by atoms with Crippen LogP contribution in [0.5, 0.6) is 0 Å². The minimum Gasteiger partial charge on any atom is -0.486 e. The van der Waals surface area contributed by atoms with Gasteiger partial charge < -0.3 is 14.2 Å². The maximum Gasteiger partial charge on any atom is 0.375 e. The maximum absolute atomic E-state index is 11.4. The van der Waals surface area contributed by atoms with Crippen molar-refractivity contribution in [3.8, 4) is 0 Å². The number of halogens is 1. The first-order chi connectivity index (χ1) is 7.58. The van der Waals surface area contributed by atoms with Crippen LogP contribution in [-0.4, -0.2) is 31.8 Å². The van der Waals surface area contributed by atoms with Gasteiger partial charge in [0.2, 0.25) is 5.76 Å². The lowest BCUT2D eigenvalue weighted by atomic mass is 10.4. The van der Waals surface area contributed by atoms with Gasteiger partial charge in [0.05, 0.1) is 19.8 Å². The van der Waals surface area contributed by atoms with Crippen LogP contribution >= 0.6 is 11.6 Å². The molecule has 0 fully saturated rings. The molecule has 0 unspecified atom stereocenters. The third kappa shape index (κ3) is 4.53.